The number of guanidine groups is 1. The maximum absolute atomic E-state index is 5.47. The van der Waals surface area contributed by atoms with Gasteiger partial charge in [0.1, 0.15) is 0 Å². The molecule has 0 atom stereocenters. The SMILES string of the molecule is CCOCCCN=C(NN)N(C)Cc1ccoc1. The summed E-state index contributed by atoms with van der Waals surface area (Å²) in [6.45, 7) is 4.84. The molecule has 3 N–H and O–H groups in total. The number of nitrogens with zero attached hydrogens (tertiary/aromatic N) is 2. The van der Waals surface area contributed by atoms with Crippen molar-refractivity contribution in [2.75, 3.05) is 26.8 Å². The Morgan fingerprint density at radius 1 is 1.61 bits per heavy atom. The Kier molecular flexibility index (Phi) is 6.90. The molecule has 0 aliphatic rings. The van der Waals surface area contributed by atoms with E-state index in [9.17, 15) is 0 Å². The summed E-state index contributed by atoms with van der Waals surface area (Å²) in [6, 6.07) is 1.92. The molecule has 0 radical (unpaired) electrons. The minimum Gasteiger partial charge on any atom is -0.472 e. The van der Waals surface area contributed by atoms with Crippen LogP contribution in [0.4, 0.5) is 0 Å². The van der Waals surface area contributed by atoms with Crippen molar-refractivity contribution in [1.29, 1.82) is 0 Å². The van der Waals surface area contributed by atoms with Gasteiger partial charge in [-0.25, -0.2) is 5.84 Å². The van der Waals surface area contributed by atoms with Crippen molar-refractivity contribution in [1.82, 2.24) is 10.3 Å². The Hall–Kier alpha value is -1.53. The van der Waals surface area contributed by atoms with Crippen molar-refractivity contribution in [2.24, 2.45) is 10.8 Å². The van der Waals surface area contributed by atoms with Gasteiger partial charge in [-0.15, -0.1) is 0 Å². The van der Waals surface area contributed by atoms with Crippen LogP contribution in [0.3, 0.4) is 0 Å². The maximum atomic E-state index is 5.47. The smallest absolute Gasteiger partial charge is 0.208 e. The molecule has 0 aromatic carbocycles. The molecule has 102 valence electrons. The number of nitrogens with one attached hydrogen (secondary N) is 1. The van der Waals surface area contributed by atoms with Gasteiger partial charge in [0.2, 0.25) is 5.96 Å². The molecule has 0 aliphatic carbocycles. The fourth-order valence-corrected chi connectivity index (χ4v) is 1.50. The first-order chi connectivity index (χ1) is 8.77. The number of furan rings is 1. The van der Waals surface area contributed by atoms with Gasteiger partial charge in [-0.2, -0.15) is 0 Å². The van der Waals surface area contributed by atoms with E-state index in [0.717, 1.165) is 25.2 Å². The number of nitrogens with two attached hydrogens (primary N) is 1. The molecule has 0 aliphatic heterocycles. The second kappa shape index (κ2) is 8.54. The van der Waals surface area contributed by atoms with Crippen molar-refractivity contribution < 1.29 is 9.15 Å². The van der Waals surface area contributed by atoms with Crippen molar-refractivity contribution in [3.63, 3.8) is 0 Å². The highest BCUT2D eigenvalue weighted by molar-refractivity contribution is 5.79. The normalized spacial score (nSPS) is 11.6. The fraction of sp³-hybridized carbons (Fsp3) is 0.583. The summed E-state index contributed by atoms with van der Waals surface area (Å²) in [5.74, 6) is 6.13. The van der Waals surface area contributed by atoms with Crippen molar-refractivity contribution in [3.05, 3.63) is 24.2 Å². The Morgan fingerprint density at radius 3 is 3.06 bits per heavy atom. The predicted octanol–water partition coefficient (Wildman–Crippen LogP) is 0.957. The standard InChI is InChI=1S/C12H22N4O2/c1-3-17-7-4-6-14-12(15-13)16(2)9-11-5-8-18-10-11/h5,8,10H,3-4,6-7,9,13H2,1-2H3,(H,14,15). The maximum Gasteiger partial charge on any atom is 0.208 e. The molecule has 1 rings (SSSR count). The Morgan fingerprint density at radius 2 is 2.44 bits per heavy atom. The van der Waals surface area contributed by atoms with E-state index in [-0.39, 0.29) is 0 Å². The van der Waals surface area contributed by atoms with Crippen LogP contribution in [0.1, 0.15) is 18.9 Å². The summed E-state index contributed by atoms with van der Waals surface area (Å²) in [5.41, 5.74) is 3.69. The van der Waals surface area contributed by atoms with Crippen LogP contribution >= 0.6 is 0 Å². The zero-order chi connectivity index (χ0) is 13.2. The Bertz CT molecular complexity index is 338. The molecule has 0 bridgehead atoms. The van der Waals surface area contributed by atoms with Crippen LogP contribution < -0.4 is 11.3 Å². The van der Waals surface area contributed by atoms with Gasteiger partial charge >= 0.3 is 0 Å². The third-order valence-electron chi connectivity index (χ3n) is 2.40. The van der Waals surface area contributed by atoms with E-state index in [4.69, 9.17) is 15.0 Å². The molecular formula is C12H22N4O2. The third-order valence-corrected chi connectivity index (χ3v) is 2.40. The summed E-state index contributed by atoms with van der Waals surface area (Å²) in [5, 5.41) is 0. The summed E-state index contributed by atoms with van der Waals surface area (Å²) < 4.78 is 10.3. The van der Waals surface area contributed by atoms with E-state index in [1.807, 2.05) is 24.9 Å². The lowest BCUT2D eigenvalue weighted by atomic mass is 10.3. The van der Waals surface area contributed by atoms with Gasteiger partial charge < -0.3 is 14.1 Å². The Balaban J connectivity index is 2.36. The molecule has 0 saturated carbocycles. The molecule has 0 saturated heterocycles. The van der Waals surface area contributed by atoms with Gasteiger partial charge in [0.15, 0.2) is 0 Å². The third kappa shape index (κ3) is 5.20. The van der Waals surface area contributed by atoms with Gasteiger partial charge in [-0.1, -0.05) is 0 Å². The number of aliphatic imine (C=N–C) groups is 1. The highest BCUT2D eigenvalue weighted by atomic mass is 16.5. The average Bonchev–Trinajstić information content (AvgIpc) is 2.86. The van der Waals surface area contributed by atoms with Gasteiger partial charge in [0, 0.05) is 38.9 Å². The highest BCUT2D eigenvalue weighted by Crippen LogP contribution is 2.03. The first-order valence-electron chi connectivity index (χ1n) is 6.09. The highest BCUT2D eigenvalue weighted by Gasteiger charge is 2.06. The molecule has 0 fully saturated rings. The first kappa shape index (κ1) is 14.5. The first-order valence-corrected chi connectivity index (χ1v) is 6.09. The number of hydrazine groups is 1. The lowest BCUT2D eigenvalue weighted by Gasteiger charge is -2.19. The van der Waals surface area contributed by atoms with Crippen LogP contribution in [-0.4, -0.2) is 37.7 Å². The predicted molar refractivity (Wildman–Crippen MR) is 70.9 cm³/mol. The molecule has 1 heterocycles. The average molecular weight is 254 g/mol. The van der Waals surface area contributed by atoms with E-state index in [0.29, 0.717) is 19.0 Å². The van der Waals surface area contributed by atoms with Gasteiger partial charge in [0.25, 0.3) is 0 Å². The molecule has 0 spiro atoms. The zero-order valence-corrected chi connectivity index (χ0v) is 11.1. The molecule has 1 aromatic heterocycles. The second-order valence-corrected chi connectivity index (χ2v) is 3.89. The zero-order valence-electron chi connectivity index (χ0n) is 11.1. The van der Waals surface area contributed by atoms with Crippen LogP contribution in [0.5, 0.6) is 0 Å². The molecule has 1 aromatic rings. The lowest BCUT2D eigenvalue weighted by Crippen LogP contribution is -2.42. The minimum atomic E-state index is 0.660. The summed E-state index contributed by atoms with van der Waals surface area (Å²) in [7, 11) is 1.92. The van der Waals surface area contributed by atoms with Gasteiger partial charge in [-0.05, 0) is 19.4 Å². The Labute approximate surface area is 108 Å². The van der Waals surface area contributed by atoms with Crippen LogP contribution in [0, 0.1) is 0 Å². The summed E-state index contributed by atoms with van der Waals surface area (Å²) in [4.78, 5) is 6.33. The molecule has 6 heteroatoms. The van der Waals surface area contributed by atoms with Crippen LogP contribution in [0.25, 0.3) is 0 Å². The van der Waals surface area contributed by atoms with Crippen molar-refractivity contribution in [3.8, 4) is 0 Å². The molecule has 0 unspecified atom stereocenters. The minimum absolute atomic E-state index is 0.660. The molecule has 0 amide bonds. The van der Waals surface area contributed by atoms with E-state index in [1.54, 1.807) is 12.5 Å². The van der Waals surface area contributed by atoms with Crippen molar-refractivity contribution in [2.45, 2.75) is 19.9 Å². The topological polar surface area (TPSA) is 76.0 Å². The van der Waals surface area contributed by atoms with Crippen molar-refractivity contribution >= 4 is 5.96 Å². The number of rotatable bonds is 7. The largest absolute Gasteiger partial charge is 0.472 e. The summed E-state index contributed by atoms with van der Waals surface area (Å²) >= 11 is 0. The summed E-state index contributed by atoms with van der Waals surface area (Å²) in [6.07, 6.45) is 4.25. The fourth-order valence-electron chi connectivity index (χ4n) is 1.50. The van der Waals surface area contributed by atoms with Crippen LogP contribution in [0.15, 0.2) is 28.0 Å². The number of hydrogen-bond acceptors (Lipinski definition) is 4. The monoisotopic (exact) mass is 254 g/mol. The molecular weight excluding hydrogens is 232 g/mol. The van der Waals surface area contributed by atoms with E-state index < -0.39 is 0 Å². The number of ether oxygens (including phenoxy) is 1. The van der Waals surface area contributed by atoms with Gasteiger partial charge in [0.05, 0.1) is 12.5 Å². The van der Waals surface area contributed by atoms with E-state index in [2.05, 4.69) is 10.4 Å². The molecule has 18 heavy (non-hydrogen) atoms. The van der Waals surface area contributed by atoms with Crippen LogP contribution in [0.2, 0.25) is 0 Å². The lowest BCUT2D eigenvalue weighted by molar-refractivity contribution is 0.146. The van der Waals surface area contributed by atoms with Crippen LogP contribution in [-0.2, 0) is 11.3 Å². The van der Waals surface area contributed by atoms with Gasteiger partial charge in [-0.3, -0.25) is 10.4 Å². The molecule has 6 nitrogen and oxygen atoms in total. The second-order valence-electron chi connectivity index (χ2n) is 3.89. The quantitative estimate of drug-likeness (QED) is 0.249. The van der Waals surface area contributed by atoms with E-state index in [1.165, 1.54) is 0 Å². The number of hydrogen-bond donors (Lipinski definition) is 2. The van der Waals surface area contributed by atoms with E-state index >= 15 is 0 Å².